The van der Waals surface area contributed by atoms with Crippen molar-refractivity contribution in [1.82, 2.24) is 15.3 Å². The predicted molar refractivity (Wildman–Crippen MR) is 103 cm³/mol. The van der Waals surface area contributed by atoms with Crippen LogP contribution in [0.25, 0.3) is 0 Å². The molecule has 0 saturated carbocycles. The molecule has 0 aliphatic rings. The molecule has 26 heavy (non-hydrogen) atoms. The molecule has 0 aliphatic carbocycles. The third-order valence-electron chi connectivity index (χ3n) is 3.55. The Labute approximate surface area is 158 Å². The van der Waals surface area contributed by atoms with Gasteiger partial charge in [0.15, 0.2) is 10.9 Å². The van der Waals surface area contributed by atoms with Gasteiger partial charge in [-0.05, 0) is 25.5 Å². The van der Waals surface area contributed by atoms with E-state index in [0.29, 0.717) is 35.6 Å². The number of aromatic nitrogens is 2. The van der Waals surface area contributed by atoms with Crippen molar-refractivity contribution in [3.8, 4) is 0 Å². The number of nitrogens with one attached hydrogen (secondary N) is 1. The smallest absolute Gasteiger partial charge is 0.286 e. The standard InChI is InChI=1S/C18H26N4O3S/c1-5-9-22(3)16-10-13(11-24-4)20-18(21-16)26-12-14-7-8-15(25-14)17(23)19-6-2/h7-8,10H,5-6,9,11-12H2,1-4H3,(H,19,23). The molecule has 2 heterocycles. The molecule has 142 valence electrons. The van der Waals surface area contributed by atoms with Gasteiger partial charge in [0.25, 0.3) is 5.91 Å². The van der Waals surface area contributed by atoms with Crippen LogP contribution in [-0.2, 0) is 17.1 Å². The van der Waals surface area contributed by atoms with Crippen molar-refractivity contribution in [2.24, 2.45) is 0 Å². The summed E-state index contributed by atoms with van der Waals surface area (Å²) in [6.07, 6.45) is 1.04. The van der Waals surface area contributed by atoms with Crippen LogP contribution in [0, 0.1) is 0 Å². The van der Waals surface area contributed by atoms with E-state index in [2.05, 4.69) is 27.1 Å². The van der Waals surface area contributed by atoms with Crippen LogP contribution in [0.2, 0.25) is 0 Å². The lowest BCUT2D eigenvalue weighted by molar-refractivity contribution is 0.0927. The SMILES string of the molecule is CCCN(C)c1cc(COC)nc(SCc2ccc(C(=O)NCC)o2)n1. The Kier molecular flexibility index (Phi) is 7.93. The molecule has 2 aromatic rings. The third kappa shape index (κ3) is 5.74. The van der Waals surface area contributed by atoms with E-state index in [4.69, 9.17) is 9.15 Å². The summed E-state index contributed by atoms with van der Waals surface area (Å²) in [5, 5.41) is 3.38. The summed E-state index contributed by atoms with van der Waals surface area (Å²) in [5.41, 5.74) is 0.838. The molecule has 0 aromatic carbocycles. The lowest BCUT2D eigenvalue weighted by Gasteiger charge is -2.18. The molecule has 2 aromatic heterocycles. The van der Waals surface area contributed by atoms with Crippen molar-refractivity contribution < 1.29 is 13.9 Å². The average Bonchev–Trinajstić information content (AvgIpc) is 3.10. The highest BCUT2D eigenvalue weighted by Gasteiger charge is 2.12. The zero-order chi connectivity index (χ0) is 18.9. The number of methoxy groups -OCH3 is 1. The lowest BCUT2D eigenvalue weighted by Crippen LogP contribution is -2.21. The summed E-state index contributed by atoms with van der Waals surface area (Å²) in [6.45, 7) is 5.92. The Bertz CT molecular complexity index is 720. The Morgan fingerprint density at radius 2 is 2.15 bits per heavy atom. The number of carbonyl (C=O) groups excluding carboxylic acids is 1. The third-order valence-corrected chi connectivity index (χ3v) is 4.42. The number of rotatable bonds is 10. The van der Waals surface area contributed by atoms with Gasteiger partial charge in [0, 0.05) is 33.3 Å². The van der Waals surface area contributed by atoms with Gasteiger partial charge in [0.05, 0.1) is 18.1 Å². The van der Waals surface area contributed by atoms with Crippen molar-refractivity contribution in [3.05, 3.63) is 35.4 Å². The van der Waals surface area contributed by atoms with Crippen LogP contribution >= 0.6 is 11.8 Å². The Balaban J connectivity index is 2.09. The normalized spacial score (nSPS) is 10.8. The van der Waals surface area contributed by atoms with Crippen molar-refractivity contribution in [2.75, 3.05) is 32.1 Å². The van der Waals surface area contributed by atoms with E-state index in [-0.39, 0.29) is 5.91 Å². The molecular formula is C18H26N4O3S. The lowest BCUT2D eigenvalue weighted by atomic mass is 10.3. The number of amides is 1. The molecule has 7 nitrogen and oxygen atoms in total. The van der Waals surface area contributed by atoms with Crippen molar-refractivity contribution >= 4 is 23.5 Å². The van der Waals surface area contributed by atoms with Gasteiger partial charge in [-0.3, -0.25) is 4.79 Å². The summed E-state index contributed by atoms with van der Waals surface area (Å²) >= 11 is 1.47. The minimum absolute atomic E-state index is 0.203. The maximum absolute atomic E-state index is 11.8. The Morgan fingerprint density at radius 3 is 2.85 bits per heavy atom. The van der Waals surface area contributed by atoms with E-state index in [9.17, 15) is 4.79 Å². The second-order valence-electron chi connectivity index (χ2n) is 5.77. The fraction of sp³-hybridized carbons (Fsp3) is 0.500. The molecule has 0 atom stereocenters. The van der Waals surface area contributed by atoms with E-state index < -0.39 is 0 Å². The van der Waals surface area contributed by atoms with Crippen LogP contribution < -0.4 is 10.2 Å². The molecule has 0 saturated heterocycles. The van der Waals surface area contributed by atoms with E-state index in [1.165, 1.54) is 11.8 Å². The zero-order valence-corrected chi connectivity index (χ0v) is 16.6. The number of furan rings is 1. The van der Waals surface area contributed by atoms with Gasteiger partial charge >= 0.3 is 0 Å². The molecule has 2 rings (SSSR count). The number of thioether (sulfide) groups is 1. The van der Waals surface area contributed by atoms with E-state index in [1.54, 1.807) is 19.2 Å². The highest BCUT2D eigenvalue weighted by Crippen LogP contribution is 2.24. The first-order chi connectivity index (χ1) is 12.6. The zero-order valence-electron chi connectivity index (χ0n) is 15.7. The van der Waals surface area contributed by atoms with Gasteiger partial charge in [-0.25, -0.2) is 9.97 Å². The topological polar surface area (TPSA) is 80.5 Å². The van der Waals surface area contributed by atoms with Gasteiger partial charge in [-0.2, -0.15) is 0 Å². The fourth-order valence-corrected chi connectivity index (χ4v) is 3.12. The molecule has 0 bridgehead atoms. The quantitative estimate of drug-likeness (QED) is 0.502. The van der Waals surface area contributed by atoms with Gasteiger partial charge in [0.1, 0.15) is 11.6 Å². The van der Waals surface area contributed by atoms with E-state index in [1.807, 2.05) is 20.0 Å². The summed E-state index contributed by atoms with van der Waals surface area (Å²) in [5.74, 6) is 2.25. The molecule has 8 heteroatoms. The number of ether oxygens (including phenoxy) is 1. The molecule has 1 amide bonds. The molecule has 0 unspecified atom stereocenters. The molecule has 0 aliphatic heterocycles. The van der Waals surface area contributed by atoms with Gasteiger partial charge < -0.3 is 19.4 Å². The van der Waals surface area contributed by atoms with Crippen molar-refractivity contribution in [3.63, 3.8) is 0 Å². The Morgan fingerprint density at radius 1 is 1.35 bits per heavy atom. The Hall–Kier alpha value is -2.06. The number of nitrogens with zero attached hydrogens (tertiary/aromatic N) is 3. The van der Waals surface area contributed by atoms with E-state index in [0.717, 1.165) is 24.5 Å². The van der Waals surface area contributed by atoms with E-state index >= 15 is 0 Å². The highest BCUT2D eigenvalue weighted by molar-refractivity contribution is 7.98. The van der Waals surface area contributed by atoms with Crippen molar-refractivity contribution in [1.29, 1.82) is 0 Å². The number of anilines is 1. The van der Waals surface area contributed by atoms with Crippen LogP contribution in [0.5, 0.6) is 0 Å². The highest BCUT2D eigenvalue weighted by atomic mass is 32.2. The maximum Gasteiger partial charge on any atom is 0.286 e. The molecule has 0 fully saturated rings. The van der Waals surface area contributed by atoms with Crippen LogP contribution in [0.4, 0.5) is 5.82 Å². The van der Waals surface area contributed by atoms with Gasteiger partial charge in [0.2, 0.25) is 0 Å². The molecule has 0 spiro atoms. The maximum atomic E-state index is 11.8. The monoisotopic (exact) mass is 378 g/mol. The van der Waals surface area contributed by atoms with Gasteiger partial charge in [-0.15, -0.1) is 0 Å². The minimum Gasteiger partial charge on any atom is -0.455 e. The fourth-order valence-electron chi connectivity index (χ4n) is 2.35. The first kappa shape index (κ1) is 20.3. The number of hydrogen-bond acceptors (Lipinski definition) is 7. The summed E-state index contributed by atoms with van der Waals surface area (Å²) in [4.78, 5) is 23.0. The molecule has 1 N–H and O–H groups in total. The second-order valence-corrected chi connectivity index (χ2v) is 6.71. The summed E-state index contributed by atoms with van der Waals surface area (Å²) in [6, 6.07) is 5.44. The number of carbonyl (C=O) groups is 1. The van der Waals surface area contributed by atoms with Crippen LogP contribution in [0.15, 0.2) is 27.8 Å². The minimum atomic E-state index is -0.203. The summed E-state index contributed by atoms with van der Waals surface area (Å²) < 4.78 is 10.8. The number of hydrogen-bond donors (Lipinski definition) is 1. The molecular weight excluding hydrogens is 352 g/mol. The first-order valence-corrected chi connectivity index (χ1v) is 9.63. The molecule has 0 radical (unpaired) electrons. The summed E-state index contributed by atoms with van der Waals surface area (Å²) in [7, 11) is 3.66. The van der Waals surface area contributed by atoms with Crippen LogP contribution in [-0.4, -0.2) is 43.1 Å². The van der Waals surface area contributed by atoms with Gasteiger partial charge in [-0.1, -0.05) is 18.7 Å². The average molecular weight is 378 g/mol. The van der Waals surface area contributed by atoms with Crippen molar-refractivity contribution in [2.45, 2.75) is 37.8 Å². The second kappa shape index (κ2) is 10.2. The predicted octanol–water partition coefficient (Wildman–Crippen LogP) is 3.10. The van der Waals surface area contributed by atoms with Crippen LogP contribution in [0.3, 0.4) is 0 Å². The first-order valence-electron chi connectivity index (χ1n) is 8.65. The van der Waals surface area contributed by atoms with Crippen LogP contribution in [0.1, 0.15) is 42.3 Å². The largest absolute Gasteiger partial charge is 0.455 e.